The molecule has 5 nitrogen and oxygen atoms in total. The topological polar surface area (TPSA) is 62.9 Å². The summed E-state index contributed by atoms with van der Waals surface area (Å²) in [6.07, 6.45) is 2.47. The average molecular weight is 213 g/mol. The summed E-state index contributed by atoms with van der Waals surface area (Å²) in [5.41, 5.74) is 5.70. The van der Waals surface area contributed by atoms with E-state index in [1.165, 1.54) is 12.8 Å². The molecule has 0 bridgehead atoms. The second-order valence-corrected chi connectivity index (χ2v) is 4.16. The number of aromatic amines is 1. The van der Waals surface area contributed by atoms with Crippen molar-refractivity contribution in [3.8, 4) is 0 Å². The van der Waals surface area contributed by atoms with E-state index < -0.39 is 0 Å². The molecule has 1 aromatic rings. The molecule has 0 saturated carbocycles. The first-order valence-corrected chi connectivity index (χ1v) is 5.20. The number of H-pyrrole nitrogens is 1. The van der Waals surface area contributed by atoms with Gasteiger partial charge in [-0.25, -0.2) is 5.10 Å². The van der Waals surface area contributed by atoms with Gasteiger partial charge in [0.05, 0.1) is 0 Å². The summed E-state index contributed by atoms with van der Waals surface area (Å²) in [5, 5.41) is 6.59. The zero-order valence-electron chi connectivity index (χ0n) is 8.23. The summed E-state index contributed by atoms with van der Waals surface area (Å²) in [6.45, 7) is 2.01. The lowest BCUT2D eigenvalue weighted by Crippen LogP contribution is -2.29. The number of nitrogens with zero attached hydrogens (tertiary/aromatic N) is 3. The predicted molar refractivity (Wildman–Crippen MR) is 57.5 cm³/mol. The summed E-state index contributed by atoms with van der Waals surface area (Å²) in [5.74, 6) is 0.482. The van der Waals surface area contributed by atoms with Crippen LogP contribution in [0.4, 0.5) is 5.95 Å². The summed E-state index contributed by atoms with van der Waals surface area (Å²) >= 11 is 5.09. The van der Waals surface area contributed by atoms with Gasteiger partial charge in [-0.2, -0.15) is 0 Å². The van der Waals surface area contributed by atoms with E-state index in [2.05, 4.69) is 22.1 Å². The Morgan fingerprint density at radius 2 is 2.50 bits per heavy atom. The molecule has 1 unspecified atom stereocenters. The molecule has 0 spiro atoms. The van der Waals surface area contributed by atoms with Gasteiger partial charge < -0.3 is 10.6 Å². The Morgan fingerprint density at radius 3 is 3.00 bits per heavy atom. The van der Waals surface area contributed by atoms with Crippen LogP contribution in [-0.4, -0.2) is 39.3 Å². The molecule has 14 heavy (non-hydrogen) atoms. The Labute approximate surface area is 87.9 Å². The van der Waals surface area contributed by atoms with Gasteiger partial charge in [0.15, 0.2) is 4.77 Å². The van der Waals surface area contributed by atoms with Crippen molar-refractivity contribution in [2.75, 3.05) is 19.3 Å². The number of nitrogen functional groups attached to an aromatic ring is 1. The Hall–Kier alpha value is -0.880. The molecule has 1 aromatic heterocycles. The third-order valence-corrected chi connectivity index (χ3v) is 3.16. The zero-order chi connectivity index (χ0) is 10.1. The normalized spacial score (nSPS) is 23.1. The zero-order valence-corrected chi connectivity index (χ0v) is 9.05. The molecular formula is C8H15N5S. The third kappa shape index (κ3) is 1.67. The Bertz CT molecular complexity index is 368. The van der Waals surface area contributed by atoms with Crippen LogP contribution in [0.15, 0.2) is 0 Å². The van der Waals surface area contributed by atoms with Crippen LogP contribution < -0.4 is 5.73 Å². The molecule has 0 amide bonds. The number of hydrogen-bond donors (Lipinski definition) is 2. The van der Waals surface area contributed by atoms with Crippen LogP contribution in [0.25, 0.3) is 0 Å². The number of likely N-dealkylation sites (tertiary alicyclic amines) is 1. The van der Waals surface area contributed by atoms with Gasteiger partial charge in [0.25, 0.3) is 0 Å². The quantitative estimate of drug-likeness (QED) is 0.707. The minimum Gasteiger partial charge on any atom is -0.368 e. The summed E-state index contributed by atoms with van der Waals surface area (Å²) in [7, 11) is 2.14. The molecule has 1 aliphatic rings. The maximum absolute atomic E-state index is 5.70. The lowest BCUT2D eigenvalue weighted by Gasteiger charge is -2.19. The number of nitrogens with one attached hydrogen (secondary N) is 1. The highest BCUT2D eigenvalue weighted by Gasteiger charge is 2.22. The first-order chi connectivity index (χ1) is 6.68. The van der Waals surface area contributed by atoms with Crippen molar-refractivity contribution in [1.29, 1.82) is 0 Å². The Balaban J connectivity index is 2.14. The maximum Gasteiger partial charge on any atom is 0.220 e. The highest BCUT2D eigenvalue weighted by Crippen LogP contribution is 2.17. The smallest absolute Gasteiger partial charge is 0.220 e. The molecule has 3 N–H and O–H groups in total. The Morgan fingerprint density at radius 1 is 1.71 bits per heavy atom. The van der Waals surface area contributed by atoms with Crippen molar-refractivity contribution in [3.63, 3.8) is 0 Å². The van der Waals surface area contributed by atoms with Crippen LogP contribution in [0, 0.1) is 4.77 Å². The number of likely N-dealkylation sites (N-methyl/N-ethyl adjacent to an activating group) is 1. The fourth-order valence-electron chi connectivity index (χ4n) is 1.93. The Kier molecular flexibility index (Phi) is 2.56. The van der Waals surface area contributed by atoms with E-state index in [0.717, 1.165) is 13.1 Å². The fraction of sp³-hybridized carbons (Fsp3) is 0.750. The van der Waals surface area contributed by atoms with Crippen molar-refractivity contribution in [2.45, 2.75) is 25.4 Å². The monoisotopic (exact) mass is 213 g/mol. The second kappa shape index (κ2) is 3.70. The van der Waals surface area contributed by atoms with Crippen LogP contribution in [0.1, 0.15) is 12.8 Å². The molecule has 0 aromatic carbocycles. The van der Waals surface area contributed by atoms with E-state index >= 15 is 0 Å². The van der Waals surface area contributed by atoms with Crippen molar-refractivity contribution < 1.29 is 0 Å². The molecule has 0 radical (unpaired) electrons. The number of anilines is 1. The first kappa shape index (κ1) is 9.67. The minimum absolute atomic E-state index is 0.482. The van der Waals surface area contributed by atoms with E-state index in [1.807, 2.05) is 4.57 Å². The lowest BCUT2D eigenvalue weighted by atomic mass is 10.2. The summed E-state index contributed by atoms with van der Waals surface area (Å²) < 4.78 is 2.48. The fourth-order valence-corrected chi connectivity index (χ4v) is 2.14. The second-order valence-electron chi connectivity index (χ2n) is 3.77. The van der Waals surface area contributed by atoms with Crippen molar-refractivity contribution in [1.82, 2.24) is 19.7 Å². The van der Waals surface area contributed by atoms with Crippen LogP contribution in [0.3, 0.4) is 0 Å². The van der Waals surface area contributed by atoms with Gasteiger partial charge in [-0.1, -0.05) is 0 Å². The number of nitrogens with two attached hydrogens (primary N) is 1. The van der Waals surface area contributed by atoms with Gasteiger partial charge in [-0.05, 0) is 38.7 Å². The van der Waals surface area contributed by atoms with Crippen molar-refractivity contribution >= 4 is 18.2 Å². The standard InChI is InChI=1S/C8H15N5S/c1-12-4-2-3-6(12)5-13-7(9)10-11-8(13)14/h6H,2-5H2,1H3,(H2,9,10)(H,11,14). The molecule has 1 aliphatic heterocycles. The maximum atomic E-state index is 5.70. The van der Waals surface area contributed by atoms with Crippen LogP contribution in [-0.2, 0) is 6.54 Å². The molecule has 1 fully saturated rings. The van der Waals surface area contributed by atoms with Gasteiger partial charge in [0.1, 0.15) is 0 Å². The van der Waals surface area contributed by atoms with Crippen molar-refractivity contribution in [3.05, 3.63) is 4.77 Å². The van der Waals surface area contributed by atoms with Crippen LogP contribution >= 0.6 is 12.2 Å². The SMILES string of the molecule is CN1CCCC1Cn1c(N)n[nH]c1=S. The largest absolute Gasteiger partial charge is 0.368 e. The van der Waals surface area contributed by atoms with E-state index in [-0.39, 0.29) is 0 Å². The van der Waals surface area contributed by atoms with E-state index in [9.17, 15) is 0 Å². The third-order valence-electron chi connectivity index (χ3n) is 2.85. The molecule has 2 heterocycles. The molecule has 2 rings (SSSR count). The van der Waals surface area contributed by atoms with E-state index in [4.69, 9.17) is 18.0 Å². The van der Waals surface area contributed by atoms with Crippen LogP contribution in [0.5, 0.6) is 0 Å². The lowest BCUT2D eigenvalue weighted by molar-refractivity contribution is 0.282. The summed E-state index contributed by atoms with van der Waals surface area (Å²) in [6, 6.07) is 0.543. The molecule has 0 aliphatic carbocycles. The molecule has 6 heteroatoms. The highest BCUT2D eigenvalue weighted by atomic mass is 32.1. The highest BCUT2D eigenvalue weighted by molar-refractivity contribution is 7.71. The number of hydrogen-bond acceptors (Lipinski definition) is 4. The van der Waals surface area contributed by atoms with Gasteiger partial charge in [-0.15, -0.1) is 5.10 Å². The van der Waals surface area contributed by atoms with Crippen molar-refractivity contribution in [2.24, 2.45) is 0 Å². The average Bonchev–Trinajstić information content (AvgIpc) is 2.67. The number of rotatable bonds is 2. The van der Waals surface area contributed by atoms with Gasteiger partial charge in [0, 0.05) is 12.6 Å². The predicted octanol–water partition coefficient (Wildman–Crippen LogP) is 0.617. The molecule has 1 atom stereocenters. The molecular weight excluding hydrogens is 198 g/mol. The van der Waals surface area contributed by atoms with Gasteiger partial charge in [0.2, 0.25) is 5.95 Å². The van der Waals surface area contributed by atoms with Crippen LogP contribution in [0.2, 0.25) is 0 Å². The van der Waals surface area contributed by atoms with Gasteiger partial charge in [-0.3, -0.25) is 4.57 Å². The number of aromatic nitrogens is 3. The minimum atomic E-state index is 0.482. The van der Waals surface area contributed by atoms with E-state index in [0.29, 0.717) is 16.8 Å². The summed E-state index contributed by atoms with van der Waals surface area (Å²) in [4.78, 5) is 2.34. The molecule has 1 saturated heterocycles. The van der Waals surface area contributed by atoms with E-state index in [1.54, 1.807) is 0 Å². The van der Waals surface area contributed by atoms with Gasteiger partial charge >= 0.3 is 0 Å². The first-order valence-electron chi connectivity index (χ1n) is 4.79. The molecule has 78 valence electrons.